The van der Waals surface area contributed by atoms with Crippen molar-refractivity contribution in [3.05, 3.63) is 29.3 Å². The average Bonchev–Trinajstić information content (AvgIpc) is 1.94. The van der Waals surface area contributed by atoms with E-state index >= 15 is 0 Å². The van der Waals surface area contributed by atoms with Crippen LogP contribution in [-0.4, -0.2) is 6.54 Å². The largest absolute Gasteiger partial charge is 0.313 e. The molecule has 0 fully saturated rings. The molecular weight excluding hydrogens is 146 g/mol. The quantitative estimate of drug-likeness (QED) is 0.626. The first kappa shape index (κ1) is 7.58. The van der Waals surface area contributed by atoms with Gasteiger partial charge in [-0.05, 0) is 13.0 Å². The molecule has 10 heavy (non-hydrogen) atoms. The molecule has 1 nitrogen and oxygen atoms in total. The van der Waals surface area contributed by atoms with Crippen LogP contribution >= 0.6 is 11.6 Å². The molecule has 2 heteroatoms. The van der Waals surface area contributed by atoms with Crippen molar-refractivity contribution >= 4 is 17.3 Å². The third-order valence-corrected chi connectivity index (χ3v) is 1.67. The first-order valence-corrected chi connectivity index (χ1v) is 3.80. The first-order valence-electron chi connectivity index (χ1n) is 3.42. The van der Waals surface area contributed by atoms with Crippen molar-refractivity contribution < 1.29 is 5.32 Å². The van der Waals surface area contributed by atoms with Gasteiger partial charge in [-0.3, -0.25) is 0 Å². The fraction of sp³-hybridized carbons (Fsp3) is 0.250. The molecule has 0 bridgehead atoms. The predicted octanol–water partition coefficient (Wildman–Crippen LogP) is 1.55. The molecule has 0 unspecified atom stereocenters. The summed E-state index contributed by atoms with van der Waals surface area (Å²) in [5.41, 5.74) is 1.13. The van der Waals surface area contributed by atoms with Crippen molar-refractivity contribution in [2.24, 2.45) is 0 Å². The Labute approximate surface area is 66.0 Å². The van der Waals surface area contributed by atoms with Crippen molar-refractivity contribution in [2.45, 2.75) is 6.92 Å². The average molecular weight is 157 g/mol. The van der Waals surface area contributed by atoms with E-state index in [2.05, 4.69) is 12.2 Å². The maximum Gasteiger partial charge on any atom is 0.148 e. The van der Waals surface area contributed by atoms with Gasteiger partial charge in [-0.15, -0.1) is 0 Å². The van der Waals surface area contributed by atoms with Crippen molar-refractivity contribution in [2.75, 3.05) is 6.54 Å². The van der Waals surface area contributed by atoms with E-state index in [1.807, 2.05) is 24.3 Å². The molecule has 2 N–H and O–H groups in total. The van der Waals surface area contributed by atoms with Crippen LogP contribution in [0, 0.1) is 0 Å². The molecule has 54 valence electrons. The molecular formula is C8H11ClN+. The lowest BCUT2D eigenvalue weighted by molar-refractivity contribution is -0.567. The monoisotopic (exact) mass is 156 g/mol. The van der Waals surface area contributed by atoms with Gasteiger partial charge in [0.2, 0.25) is 0 Å². The van der Waals surface area contributed by atoms with Gasteiger partial charge in [-0.1, -0.05) is 23.7 Å². The van der Waals surface area contributed by atoms with Crippen molar-refractivity contribution in [1.29, 1.82) is 0 Å². The van der Waals surface area contributed by atoms with Gasteiger partial charge >= 0.3 is 0 Å². The fourth-order valence-corrected chi connectivity index (χ4v) is 1.07. The molecule has 0 aliphatic carbocycles. The SMILES string of the molecule is CC[NH2+]c1ccccc1Cl. The minimum atomic E-state index is 0.837. The standard InChI is InChI=1S/C8H10ClN/c1-2-10-8-6-4-3-5-7(8)9/h3-6,10H,2H2,1H3/p+1. The van der Waals surface area contributed by atoms with Crippen LogP contribution in [0.1, 0.15) is 6.92 Å². The van der Waals surface area contributed by atoms with E-state index in [0.717, 1.165) is 17.3 Å². The van der Waals surface area contributed by atoms with E-state index < -0.39 is 0 Å². The molecule has 0 aliphatic rings. The van der Waals surface area contributed by atoms with Gasteiger partial charge in [0.05, 0.1) is 6.54 Å². The molecule has 0 radical (unpaired) electrons. The predicted molar refractivity (Wildman–Crippen MR) is 43.6 cm³/mol. The number of hydrogen-bond donors (Lipinski definition) is 1. The van der Waals surface area contributed by atoms with Gasteiger partial charge in [-0.2, -0.15) is 0 Å². The van der Waals surface area contributed by atoms with Crippen LogP contribution in [0.3, 0.4) is 0 Å². The molecule has 0 saturated heterocycles. The Kier molecular flexibility index (Phi) is 2.72. The van der Waals surface area contributed by atoms with E-state index in [1.165, 1.54) is 0 Å². The summed E-state index contributed by atoms with van der Waals surface area (Å²) >= 11 is 5.87. The number of nitrogens with two attached hydrogens (primary N) is 1. The van der Waals surface area contributed by atoms with E-state index in [9.17, 15) is 0 Å². The molecule has 0 amide bonds. The van der Waals surface area contributed by atoms with Crippen LogP contribution < -0.4 is 5.32 Å². The van der Waals surface area contributed by atoms with E-state index in [1.54, 1.807) is 0 Å². The Balaban J connectivity index is 2.81. The topological polar surface area (TPSA) is 16.6 Å². The molecule has 0 heterocycles. The fourth-order valence-electron chi connectivity index (χ4n) is 0.861. The highest BCUT2D eigenvalue weighted by atomic mass is 35.5. The highest BCUT2D eigenvalue weighted by Gasteiger charge is 1.98. The van der Waals surface area contributed by atoms with Crippen LogP contribution in [0.2, 0.25) is 5.02 Å². The van der Waals surface area contributed by atoms with E-state index in [-0.39, 0.29) is 0 Å². The summed E-state index contributed by atoms with van der Waals surface area (Å²) in [6.07, 6.45) is 0. The molecule has 1 aromatic rings. The lowest BCUT2D eigenvalue weighted by Crippen LogP contribution is -2.77. The molecule has 0 atom stereocenters. The molecule has 1 rings (SSSR count). The summed E-state index contributed by atoms with van der Waals surface area (Å²) < 4.78 is 0. The van der Waals surface area contributed by atoms with Gasteiger partial charge in [0.1, 0.15) is 10.7 Å². The van der Waals surface area contributed by atoms with E-state index in [0.29, 0.717) is 0 Å². The summed E-state index contributed by atoms with van der Waals surface area (Å²) in [6, 6.07) is 7.86. The van der Waals surface area contributed by atoms with Gasteiger partial charge in [0.15, 0.2) is 0 Å². The van der Waals surface area contributed by atoms with Crippen LogP contribution in [0.5, 0.6) is 0 Å². The van der Waals surface area contributed by atoms with Crippen LogP contribution in [0.25, 0.3) is 0 Å². The number of hydrogen-bond acceptors (Lipinski definition) is 0. The first-order chi connectivity index (χ1) is 4.84. The summed E-state index contributed by atoms with van der Waals surface area (Å²) in [7, 11) is 0. The van der Waals surface area contributed by atoms with Crippen molar-refractivity contribution in [3.63, 3.8) is 0 Å². The zero-order chi connectivity index (χ0) is 7.40. The van der Waals surface area contributed by atoms with Crippen LogP contribution in [0.4, 0.5) is 5.69 Å². The van der Waals surface area contributed by atoms with Gasteiger partial charge in [0, 0.05) is 6.07 Å². The van der Waals surface area contributed by atoms with Gasteiger partial charge in [0.25, 0.3) is 0 Å². The summed E-state index contributed by atoms with van der Waals surface area (Å²) in [6.45, 7) is 3.13. The zero-order valence-corrected chi connectivity index (χ0v) is 6.73. The van der Waals surface area contributed by atoms with Crippen LogP contribution in [-0.2, 0) is 0 Å². The Morgan fingerprint density at radius 3 is 2.70 bits per heavy atom. The number of halogens is 1. The Hall–Kier alpha value is -0.530. The Morgan fingerprint density at radius 2 is 2.10 bits per heavy atom. The second-order valence-electron chi connectivity index (χ2n) is 2.13. The summed E-state index contributed by atoms with van der Waals surface area (Å²) in [5.74, 6) is 0. The van der Waals surface area contributed by atoms with E-state index in [4.69, 9.17) is 11.6 Å². The maximum atomic E-state index is 5.87. The smallest absolute Gasteiger partial charge is 0.148 e. The molecule has 1 aromatic carbocycles. The normalized spacial score (nSPS) is 9.80. The summed E-state index contributed by atoms with van der Waals surface area (Å²) in [5, 5.41) is 2.95. The van der Waals surface area contributed by atoms with Crippen LogP contribution in [0.15, 0.2) is 24.3 Å². The Bertz CT molecular complexity index is 210. The summed E-state index contributed by atoms with van der Waals surface area (Å²) in [4.78, 5) is 0. The molecule has 0 spiro atoms. The third-order valence-electron chi connectivity index (χ3n) is 1.33. The third kappa shape index (κ3) is 1.72. The number of quaternary nitrogens is 1. The molecule has 0 aliphatic heterocycles. The minimum Gasteiger partial charge on any atom is -0.313 e. The minimum absolute atomic E-state index is 0.837. The molecule has 0 aromatic heterocycles. The second-order valence-corrected chi connectivity index (χ2v) is 2.54. The molecule has 0 saturated carbocycles. The van der Waals surface area contributed by atoms with Crippen molar-refractivity contribution in [3.8, 4) is 0 Å². The highest BCUT2D eigenvalue weighted by molar-refractivity contribution is 6.32. The second kappa shape index (κ2) is 3.59. The number of para-hydroxylation sites is 1. The van der Waals surface area contributed by atoms with Gasteiger partial charge < -0.3 is 5.32 Å². The van der Waals surface area contributed by atoms with Crippen molar-refractivity contribution in [1.82, 2.24) is 0 Å². The Morgan fingerprint density at radius 1 is 1.40 bits per heavy atom. The zero-order valence-electron chi connectivity index (χ0n) is 5.97. The lowest BCUT2D eigenvalue weighted by Gasteiger charge is -1.97. The van der Waals surface area contributed by atoms with Gasteiger partial charge in [-0.25, -0.2) is 0 Å². The number of benzene rings is 1. The number of rotatable bonds is 2. The highest BCUT2D eigenvalue weighted by Crippen LogP contribution is 2.14. The maximum absolute atomic E-state index is 5.87. The lowest BCUT2D eigenvalue weighted by atomic mass is 10.3.